The second kappa shape index (κ2) is 6.33. The third-order valence-corrected chi connectivity index (χ3v) is 3.63. The average molecular weight is 287 g/mol. The van der Waals surface area contributed by atoms with Crippen LogP contribution >= 0.6 is 35.1 Å². The van der Waals surface area contributed by atoms with Gasteiger partial charge in [-0.15, -0.1) is 10.2 Å². The third kappa shape index (κ3) is 3.94. The summed E-state index contributed by atoms with van der Waals surface area (Å²) in [5.74, 6) is 2.21. The van der Waals surface area contributed by atoms with Gasteiger partial charge in [-0.3, -0.25) is 0 Å². The van der Waals surface area contributed by atoms with E-state index in [0.717, 1.165) is 22.1 Å². The highest BCUT2D eigenvalue weighted by Crippen LogP contribution is 2.23. The number of aromatic nitrogens is 2. The van der Waals surface area contributed by atoms with E-state index in [1.165, 1.54) is 11.8 Å². The fourth-order valence-electron chi connectivity index (χ4n) is 1.25. The normalized spacial score (nSPS) is 10.7. The number of hydrogen-bond acceptors (Lipinski definition) is 5. The van der Waals surface area contributed by atoms with Crippen molar-refractivity contribution in [1.29, 1.82) is 0 Å². The van der Waals surface area contributed by atoms with Crippen LogP contribution in [0.5, 0.6) is 0 Å². The molecule has 0 saturated carbocycles. The average Bonchev–Trinajstić information content (AvgIpc) is 2.75. The summed E-state index contributed by atoms with van der Waals surface area (Å²) < 4.78 is 5.46. The SMILES string of the molecule is CSCc1nnc(SCc2cccc(Cl)c2)o1. The first kappa shape index (κ1) is 12.8. The molecule has 2 rings (SSSR count). The molecule has 0 saturated heterocycles. The Morgan fingerprint density at radius 2 is 2.18 bits per heavy atom. The molecule has 0 amide bonds. The first-order valence-electron chi connectivity index (χ1n) is 4.96. The fraction of sp³-hybridized carbons (Fsp3) is 0.273. The van der Waals surface area contributed by atoms with Crippen molar-refractivity contribution >= 4 is 35.1 Å². The van der Waals surface area contributed by atoms with Crippen molar-refractivity contribution < 1.29 is 4.42 Å². The Balaban J connectivity index is 1.93. The van der Waals surface area contributed by atoms with Crippen LogP contribution in [0, 0.1) is 0 Å². The Morgan fingerprint density at radius 1 is 1.29 bits per heavy atom. The number of nitrogens with zero attached hydrogens (tertiary/aromatic N) is 2. The summed E-state index contributed by atoms with van der Waals surface area (Å²) in [5.41, 5.74) is 1.15. The highest BCUT2D eigenvalue weighted by Gasteiger charge is 2.06. The maximum absolute atomic E-state index is 5.91. The molecule has 2 aromatic rings. The molecular formula is C11H11ClN2OS2. The first-order valence-corrected chi connectivity index (χ1v) is 7.72. The predicted octanol–water partition coefficient (Wildman–Crippen LogP) is 3.88. The number of thioether (sulfide) groups is 2. The number of hydrogen-bond donors (Lipinski definition) is 0. The molecule has 90 valence electrons. The molecule has 0 atom stereocenters. The molecule has 3 nitrogen and oxygen atoms in total. The molecule has 0 spiro atoms. The summed E-state index contributed by atoms with van der Waals surface area (Å²) in [5, 5.41) is 9.28. The van der Waals surface area contributed by atoms with Gasteiger partial charge in [-0.1, -0.05) is 35.5 Å². The van der Waals surface area contributed by atoms with E-state index in [2.05, 4.69) is 10.2 Å². The Hall–Kier alpha value is -0.650. The van der Waals surface area contributed by atoms with Gasteiger partial charge in [0.25, 0.3) is 5.22 Å². The maximum Gasteiger partial charge on any atom is 0.276 e. The minimum Gasteiger partial charge on any atom is -0.415 e. The second-order valence-electron chi connectivity index (χ2n) is 3.31. The lowest BCUT2D eigenvalue weighted by Crippen LogP contribution is -1.80. The minimum absolute atomic E-state index is 0.606. The van der Waals surface area contributed by atoms with E-state index in [1.807, 2.05) is 30.5 Å². The van der Waals surface area contributed by atoms with Gasteiger partial charge in [-0.25, -0.2) is 0 Å². The van der Waals surface area contributed by atoms with Gasteiger partial charge in [0.05, 0.1) is 5.75 Å². The zero-order valence-electron chi connectivity index (χ0n) is 9.22. The first-order chi connectivity index (χ1) is 8.28. The van der Waals surface area contributed by atoms with Gasteiger partial charge in [-0.05, 0) is 24.0 Å². The molecule has 17 heavy (non-hydrogen) atoms. The van der Waals surface area contributed by atoms with Crippen LogP contribution in [0.1, 0.15) is 11.5 Å². The van der Waals surface area contributed by atoms with E-state index in [4.69, 9.17) is 16.0 Å². The molecule has 0 aliphatic heterocycles. The Morgan fingerprint density at radius 3 is 2.94 bits per heavy atom. The number of halogens is 1. The molecule has 0 bridgehead atoms. The molecule has 0 unspecified atom stereocenters. The molecular weight excluding hydrogens is 276 g/mol. The van der Waals surface area contributed by atoms with Gasteiger partial charge in [0.15, 0.2) is 0 Å². The van der Waals surface area contributed by atoms with Crippen molar-refractivity contribution in [2.24, 2.45) is 0 Å². The Bertz CT molecular complexity index is 490. The second-order valence-corrected chi connectivity index (χ2v) is 5.54. The van der Waals surface area contributed by atoms with Crippen molar-refractivity contribution in [2.45, 2.75) is 16.7 Å². The van der Waals surface area contributed by atoms with E-state index in [1.54, 1.807) is 11.8 Å². The van der Waals surface area contributed by atoms with Gasteiger partial charge in [0, 0.05) is 10.8 Å². The molecule has 0 radical (unpaired) electrons. The summed E-state index contributed by atoms with van der Waals surface area (Å²) in [4.78, 5) is 0. The zero-order chi connectivity index (χ0) is 12.1. The van der Waals surface area contributed by atoms with Gasteiger partial charge in [0.1, 0.15) is 0 Å². The maximum atomic E-state index is 5.91. The molecule has 0 fully saturated rings. The van der Waals surface area contributed by atoms with Crippen molar-refractivity contribution in [1.82, 2.24) is 10.2 Å². The molecule has 1 aromatic heterocycles. The molecule has 6 heteroatoms. The highest BCUT2D eigenvalue weighted by molar-refractivity contribution is 7.98. The van der Waals surface area contributed by atoms with Crippen LogP contribution in [0.3, 0.4) is 0 Å². The van der Waals surface area contributed by atoms with Crippen LogP contribution in [0.15, 0.2) is 33.9 Å². The van der Waals surface area contributed by atoms with Crippen LogP contribution < -0.4 is 0 Å². The molecule has 1 heterocycles. The van der Waals surface area contributed by atoms with E-state index in [-0.39, 0.29) is 0 Å². The smallest absolute Gasteiger partial charge is 0.276 e. The highest BCUT2D eigenvalue weighted by atomic mass is 35.5. The van der Waals surface area contributed by atoms with Crippen LogP contribution in [0.4, 0.5) is 0 Å². The molecule has 1 aromatic carbocycles. The monoisotopic (exact) mass is 286 g/mol. The summed E-state index contributed by atoms with van der Waals surface area (Å²) in [6.45, 7) is 0. The van der Waals surface area contributed by atoms with Crippen molar-refractivity contribution in [2.75, 3.05) is 6.26 Å². The summed E-state index contributed by atoms with van der Waals surface area (Å²) in [6, 6.07) is 7.76. The zero-order valence-corrected chi connectivity index (χ0v) is 11.6. The third-order valence-electron chi connectivity index (χ3n) is 1.97. The van der Waals surface area contributed by atoms with Crippen LogP contribution in [-0.4, -0.2) is 16.5 Å². The standard InChI is InChI=1S/C11H11ClN2OS2/c1-16-7-10-13-14-11(15-10)17-6-8-3-2-4-9(12)5-8/h2-5H,6-7H2,1H3. The minimum atomic E-state index is 0.606. The topological polar surface area (TPSA) is 38.9 Å². The van der Waals surface area contributed by atoms with Crippen molar-refractivity contribution in [3.63, 3.8) is 0 Å². The Labute approximate surface area is 113 Å². The lowest BCUT2D eigenvalue weighted by Gasteiger charge is -1.98. The predicted molar refractivity (Wildman–Crippen MR) is 72.5 cm³/mol. The molecule has 0 aliphatic rings. The van der Waals surface area contributed by atoms with Crippen molar-refractivity contribution in [3.05, 3.63) is 40.7 Å². The van der Waals surface area contributed by atoms with Gasteiger partial charge in [-0.2, -0.15) is 11.8 Å². The fourth-order valence-corrected chi connectivity index (χ4v) is 2.55. The van der Waals surface area contributed by atoms with E-state index in [0.29, 0.717) is 11.1 Å². The van der Waals surface area contributed by atoms with Crippen molar-refractivity contribution in [3.8, 4) is 0 Å². The van der Waals surface area contributed by atoms with E-state index >= 15 is 0 Å². The number of benzene rings is 1. The summed E-state index contributed by atoms with van der Waals surface area (Å²) in [6.07, 6.45) is 2.00. The quantitative estimate of drug-likeness (QED) is 0.780. The van der Waals surface area contributed by atoms with E-state index < -0.39 is 0 Å². The summed E-state index contributed by atoms with van der Waals surface area (Å²) in [7, 11) is 0. The van der Waals surface area contributed by atoms with Crippen LogP contribution in [-0.2, 0) is 11.5 Å². The van der Waals surface area contributed by atoms with Gasteiger partial charge < -0.3 is 4.42 Å². The largest absolute Gasteiger partial charge is 0.415 e. The van der Waals surface area contributed by atoms with Gasteiger partial charge >= 0.3 is 0 Å². The van der Waals surface area contributed by atoms with Crippen LogP contribution in [0.2, 0.25) is 5.02 Å². The molecule has 0 aliphatic carbocycles. The lowest BCUT2D eigenvalue weighted by molar-refractivity contribution is 0.426. The molecule has 0 N–H and O–H groups in total. The lowest BCUT2D eigenvalue weighted by atomic mass is 10.2. The summed E-state index contributed by atoms with van der Waals surface area (Å²) >= 11 is 9.09. The van der Waals surface area contributed by atoms with Gasteiger partial charge in [0.2, 0.25) is 5.89 Å². The number of rotatable bonds is 5. The Kier molecular flexibility index (Phi) is 4.76. The van der Waals surface area contributed by atoms with Crippen LogP contribution in [0.25, 0.3) is 0 Å². The van der Waals surface area contributed by atoms with E-state index in [9.17, 15) is 0 Å².